The molecule has 2 fully saturated rings. The molecular weight excluding hydrogens is 292 g/mol. The Kier molecular flexibility index (Phi) is 5.03. The Labute approximate surface area is 138 Å². The van der Waals surface area contributed by atoms with Gasteiger partial charge in [0.2, 0.25) is 11.7 Å². The van der Waals surface area contributed by atoms with Gasteiger partial charge in [-0.25, -0.2) is 9.98 Å². The van der Waals surface area contributed by atoms with Gasteiger partial charge in [0, 0.05) is 52.2 Å². The second kappa shape index (κ2) is 7.02. The van der Waals surface area contributed by atoms with Crippen molar-refractivity contribution in [2.75, 3.05) is 52.9 Å². The Morgan fingerprint density at radius 2 is 1.74 bits per heavy atom. The lowest BCUT2D eigenvalue weighted by Crippen LogP contribution is -2.57. The lowest BCUT2D eigenvalue weighted by Gasteiger charge is -2.37. The minimum absolute atomic E-state index is 0.376. The number of piperidine rings is 1. The van der Waals surface area contributed by atoms with Gasteiger partial charge in [-0.05, 0) is 26.3 Å². The summed E-state index contributed by atoms with van der Waals surface area (Å²) in [5.74, 6) is 0.227. The van der Waals surface area contributed by atoms with Crippen LogP contribution in [0.2, 0.25) is 0 Å². The average Bonchev–Trinajstić information content (AvgIpc) is 2.54. The largest absolute Gasteiger partial charge is 0.370 e. The number of rotatable bonds is 3. The van der Waals surface area contributed by atoms with Crippen molar-refractivity contribution in [2.45, 2.75) is 31.5 Å². The standard InChI is InChI=1S/C15H30N8/c1-21-9-11-22(12-10-21)8-5-15(17)19-13(16)18-14(20-15)23-6-3-2-4-7-23/h2-12,17H2,1H3,(H3,16,18,19,20). The van der Waals surface area contributed by atoms with Crippen LogP contribution in [0.1, 0.15) is 25.7 Å². The van der Waals surface area contributed by atoms with Crippen molar-refractivity contribution in [1.29, 1.82) is 0 Å². The molecule has 3 heterocycles. The number of nitrogens with one attached hydrogen (secondary N) is 1. The van der Waals surface area contributed by atoms with Gasteiger partial charge in [-0.15, -0.1) is 0 Å². The van der Waals surface area contributed by atoms with Crippen LogP contribution in [0, 0.1) is 0 Å². The van der Waals surface area contributed by atoms with Crippen molar-refractivity contribution >= 4 is 11.9 Å². The fraction of sp³-hybridized carbons (Fsp3) is 0.867. The number of aliphatic imine (C=N–C) groups is 2. The number of nitrogens with zero attached hydrogens (tertiary/aromatic N) is 5. The van der Waals surface area contributed by atoms with Crippen LogP contribution >= 0.6 is 0 Å². The van der Waals surface area contributed by atoms with E-state index >= 15 is 0 Å². The third kappa shape index (κ3) is 4.33. The highest BCUT2D eigenvalue weighted by Crippen LogP contribution is 2.18. The van der Waals surface area contributed by atoms with Gasteiger partial charge in [0.1, 0.15) is 0 Å². The normalized spacial score (nSPS) is 30.6. The van der Waals surface area contributed by atoms with Crippen molar-refractivity contribution in [3.05, 3.63) is 0 Å². The van der Waals surface area contributed by atoms with Gasteiger partial charge in [0.25, 0.3) is 0 Å². The first-order chi connectivity index (χ1) is 11.0. The quantitative estimate of drug-likeness (QED) is 0.616. The summed E-state index contributed by atoms with van der Waals surface area (Å²) in [6.07, 6.45) is 4.36. The minimum atomic E-state index is -0.939. The molecule has 0 radical (unpaired) electrons. The first kappa shape index (κ1) is 16.5. The molecule has 0 aromatic heterocycles. The number of hydrogen-bond acceptors (Lipinski definition) is 8. The Morgan fingerprint density at radius 3 is 2.43 bits per heavy atom. The predicted octanol–water partition coefficient (Wildman–Crippen LogP) is -1.00. The lowest BCUT2D eigenvalue weighted by atomic mass is 10.1. The maximum atomic E-state index is 6.43. The molecule has 3 rings (SSSR count). The van der Waals surface area contributed by atoms with Crippen LogP contribution in [-0.2, 0) is 0 Å². The molecule has 1 unspecified atom stereocenters. The Bertz CT molecular complexity index is 462. The summed E-state index contributed by atoms with van der Waals surface area (Å²) in [6.45, 7) is 7.28. The molecule has 3 aliphatic heterocycles. The van der Waals surface area contributed by atoms with Gasteiger partial charge in [0.15, 0.2) is 5.96 Å². The van der Waals surface area contributed by atoms with Crippen molar-refractivity contribution < 1.29 is 0 Å². The monoisotopic (exact) mass is 322 g/mol. The van der Waals surface area contributed by atoms with E-state index in [0.717, 1.165) is 51.8 Å². The Balaban J connectivity index is 1.61. The van der Waals surface area contributed by atoms with Gasteiger partial charge >= 0.3 is 0 Å². The van der Waals surface area contributed by atoms with E-state index in [1.807, 2.05) is 0 Å². The van der Waals surface area contributed by atoms with E-state index < -0.39 is 5.79 Å². The molecule has 8 heteroatoms. The predicted molar refractivity (Wildman–Crippen MR) is 93.1 cm³/mol. The van der Waals surface area contributed by atoms with Gasteiger partial charge < -0.3 is 20.4 Å². The van der Waals surface area contributed by atoms with E-state index in [0.29, 0.717) is 12.4 Å². The summed E-state index contributed by atoms with van der Waals surface area (Å²) in [4.78, 5) is 16.1. The number of hydrogen-bond donors (Lipinski definition) is 3. The van der Waals surface area contributed by atoms with E-state index in [2.05, 4.69) is 32.1 Å². The van der Waals surface area contributed by atoms with Crippen LogP contribution < -0.4 is 16.8 Å². The van der Waals surface area contributed by atoms with Crippen molar-refractivity contribution in [1.82, 2.24) is 20.0 Å². The molecule has 130 valence electrons. The van der Waals surface area contributed by atoms with Crippen molar-refractivity contribution in [3.63, 3.8) is 0 Å². The first-order valence-corrected chi connectivity index (χ1v) is 8.71. The number of likely N-dealkylation sites (N-methyl/N-ethyl adjacent to an activating group) is 1. The topological polar surface area (TPSA) is 98.5 Å². The summed E-state index contributed by atoms with van der Waals surface area (Å²) < 4.78 is 0. The molecular formula is C15H30N8. The van der Waals surface area contributed by atoms with E-state index in [9.17, 15) is 0 Å². The van der Waals surface area contributed by atoms with Crippen LogP contribution in [0.4, 0.5) is 0 Å². The highest BCUT2D eigenvalue weighted by atomic mass is 15.4. The van der Waals surface area contributed by atoms with Crippen LogP contribution in [-0.4, -0.2) is 85.3 Å². The molecule has 2 saturated heterocycles. The van der Waals surface area contributed by atoms with Crippen molar-refractivity contribution in [2.24, 2.45) is 21.5 Å². The van der Waals surface area contributed by atoms with Crippen LogP contribution in [0.15, 0.2) is 9.98 Å². The second-order valence-electron chi connectivity index (χ2n) is 6.88. The van der Waals surface area contributed by atoms with Crippen LogP contribution in [0.25, 0.3) is 0 Å². The molecule has 0 aliphatic carbocycles. The smallest absolute Gasteiger partial charge is 0.210 e. The number of guanidine groups is 2. The molecule has 0 bridgehead atoms. The fourth-order valence-corrected chi connectivity index (χ4v) is 3.35. The number of likely N-dealkylation sites (tertiary alicyclic amines) is 1. The van der Waals surface area contributed by atoms with Gasteiger partial charge in [0.05, 0.1) is 0 Å². The molecule has 1 atom stereocenters. The highest BCUT2D eigenvalue weighted by molar-refractivity contribution is 5.99. The van der Waals surface area contributed by atoms with Crippen molar-refractivity contribution in [3.8, 4) is 0 Å². The van der Waals surface area contributed by atoms with E-state index in [-0.39, 0.29) is 0 Å². The third-order valence-corrected chi connectivity index (χ3v) is 4.90. The third-order valence-electron chi connectivity index (χ3n) is 4.90. The molecule has 0 aromatic carbocycles. The maximum absolute atomic E-state index is 6.43. The zero-order valence-corrected chi connectivity index (χ0v) is 14.2. The van der Waals surface area contributed by atoms with Gasteiger partial charge in [-0.3, -0.25) is 11.1 Å². The van der Waals surface area contributed by atoms with Gasteiger partial charge in [-0.2, -0.15) is 0 Å². The molecule has 0 amide bonds. The molecule has 0 aromatic rings. The van der Waals surface area contributed by atoms with E-state index in [1.165, 1.54) is 19.3 Å². The Morgan fingerprint density at radius 1 is 1.04 bits per heavy atom. The highest BCUT2D eigenvalue weighted by Gasteiger charge is 2.31. The lowest BCUT2D eigenvalue weighted by molar-refractivity contribution is 0.144. The zero-order valence-electron chi connectivity index (χ0n) is 14.2. The first-order valence-electron chi connectivity index (χ1n) is 8.71. The van der Waals surface area contributed by atoms with Gasteiger partial charge in [-0.1, -0.05) is 0 Å². The SMILES string of the molecule is CN1CCN(CCC2(N)N=C(N)NC(N3CCCCC3)=N2)CC1. The summed E-state index contributed by atoms with van der Waals surface area (Å²) in [6, 6.07) is 0. The number of nitrogens with two attached hydrogens (primary N) is 2. The molecule has 8 nitrogen and oxygen atoms in total. The average molecular weight is 322 g/mol. The zero-order chi connectivity index (χ0) is 16.3. The summed E-state index contributed by atoms with van der Waals surface area (Å²) >= 11 is 0. The maximum Gasteiger partial charge on any atom is 0.210 e. The molecule has 0 spiro atoms. The van der Waals surface area contributed by atoms with E-state index in [4.69, 9.17) is 16.5 Å². The van der Waals surface area contributed by atoms with E-state index in [1.54, 1.807) is 0 Å². The fourth-order valence-electron chi connectivity index (χ4n) is 3.35. The summed E-state index contributed by atoms with van der Waals surface area (Å²) in [7, 11) is 2.16. The number of piperazine rings is 1. The Hall–Kier alpha value is -1.38. The molecule has 0 saturated carbocycles. The second-order valence-corrected chi connectivity index (χ2v) is 6.88. The summed E-state index contributed by atoms with van der Waals surface area (Å²) in [5.41, 5.74) is 12.4. The minimum Gasteiger partial charge on any atom is -0.370 e. The summed E-state index contributed by atoms with van der Waals surface area (Å²) in [5, 5.41) is 3.09. The van der Waals surface area contributed by atoms with Crippen LogP contribution in [0.3, 0.4) is 0 Å². The van der Waals surface area contributed by atoms with Crippen LogP contribution in [0.5, 0.6) is 0 Å². The molecule has 5 N–H and O–H groups in total. The molecule has 23 heavy (non-hydrogen) atoms. The molecule has 3 aliphatic rings.